The normalized spacial score (nSPS) is 11.1. The van der Waals surface area contributed by atoms with Gasteiger partial charge in [0, 0.05) is 49.4 Å². The van der Waals surface area contributed by atoms with Crippen LogP contribution < -0.4 is 0 Å². The van der Waals surface area contributed by atoms with Gasteiger partial charge in [0.25, 0.3) is 0 Å². The lowest BCUT2D eigenvalue weighted by Gasteiger charge is -2.21. The van der Waals surface area contributed by atoms with Gasteiger partial charge in [0.05, 0.1) is 80.0 Å². The van der Waals surface area contributed by atoms with Crippen molar-refractivity contribution >= 4 is 43.6 Å². The van der Waals surface area contributed by atoms with Crippen molar-refractivity contribution in [2.24, 2.45) is 0 Å². The minimum absolute atomic E-state index is 0.478. The Morgan fingerprint density at radius 3 is 1.14 bits per heavy atom. The molecule has 0 radical (unpaired) electrons. The standard InChI is InChI=1S/C62H35N9/c1-38-12-22-54-48(28-38)49-29-40(35-64)15-23-55(49)70(54)58-26-20-46(43-18-13-39(34-63)14-19-43)32-52(58)53-33-47(62-68-60(44-8-4-2-5-9-44)67-61(69-62)45-10-6-3-7-11-45)21-27-59(53)71-56-24-16-41(36-65)30-50(56)51-31-42(37-66)17-25-57(51)71/h2-33H,1H3. The Labute approximate surface area is 407 Å². The van der Waals surface area contributed by atoms with Crippen molar-refractivity contribution in [3.8, 4) is 92.1 Å². The predicted molar refractivity (Wildman–Crippen MR) is 279 cm³/mol. The van der Waals surface area contributed by atoms with E-state index in [0.717, 1.165) is 99.5 Å². The molecule has 0 aliphatic heterocycles. The van der Waals surface area contributed by atoms with Crippen molar-refractivity contribution in [2.75, 3.05) is 0 Å². The summed E-state index contributed by atoms with van der Waals surface area (Å²) in [6.45, 7) is 2.07. The lowest BCUT2D eigenvalue weighted by atomic mass is 9.94. The van der Waals surface area contributed by atoms with Crippen molar-refractivity contribution in [3.05, 3.63) is 222 Å². The number of rotatable bonds is 7. The number of hydrogen-bond donors (Lipinski definition) is 0. The Hall–Kier alpha value is -10.5. The molecule has 3 aromatic heterocycles. The van der Waals surface area contributed by atoms with E-state index in [-0.39, 0.29) is 0 Å². The number of nitrogens with zero attached hydrogens (tertiary/aromatic N) is 9. The summed E-state index contributed by atoms with van der Waals surface area (Å²) in [5, 5.41) is 43.7. The molecule has 12 rings (SSSR count). The molecule has 328 valence electrons. The summed E-state index contributed by atoms with van der Waals surface area (Å²) in [5.41, 5.74) is 14.5. The van der Waals surface area contributed by atoms with Gasteiger partial charge in [-0.15, -0.1) is 0 Å². The third-order valence-electron chi connectivity index (χ3n) is 13.1. The van der Waals surface area contributed by atoms with Crippen LogP contribution in [0.25, 0.3) is 111 Å². The van der Waals surface area contributed by atoms with E-state index in [9.17, 15) is 21.0 Å². The molecule has 71 heavy (non-hydrogen) atoms. The minimum atomic E-state index is 0.478. The van der Waals surface area contributed by atoms with E-state index < -0.39 is 0 Å². The smallest absolute Gasteiger partial charge is 0.164 e. The molecule has 0 atom stereocenters. The minimum Gasteiger partial charge on any atom is -0.309 e. The van der Waals surface area contributed by atoms with Crippen LogP contribution in [0.3, 0.4) is 0 Å². The first-order chi connectivity index (χ1) is 34.9. The van der Waals surface area contributed by atoms with Gasteiger partial charge in [-0.3, -0.25) is 0 Å². The fraction of sp³-hybridized carbons (Fsp3) is 0.0161. The first-order valence-corrected chi connectivity index (χ1v) is 22.9. The lowest BCUT2D eigenvalue weighted by Crippen LogP contribution is -2.04. The molecule has 0 N–H and O–H groups in total. The molecule has 0 aliphatic rings. The van der Waals surface area contributed by atoms with E-state index in [1.165, 1.54) is 0 Å². The molecule has 0 unspecified atom stereocenters. The van der Waals surface area contributed by atoms with E-state index >= 15 is 0 Å². The molecule has 9 aromatic carbocycles. The molecule has 0 saturated heterocycles. The third kappa shape index (κ3) is 7.20. The predicted octanol–water partition coefficient (Wildman–Crippen LogP) is 14.2. The molecule has 12 aromatic rings. The molecule has 0 amide bonds. The molecular formula is C62H35N9. The molecule has 9 heteroatoms. The van der Waals surface area contributed by atoms with Gasteiger partial charge in [0.2, 0.25) is 0 Å². The number of aromatic nitrogens is 5. The second-order valence-electron chi connectivity index (χ2n) is 17.4. The summed E-state index contributed by atoms with van der Waals surface area (Å²) in [5.74, 6) is 1.54. The van der Waals surface area contributed by atoms with Crippen LogP contribution in [0.2, 0.25) is 0 Å². The van der Waals surface area contributed by atoms with Crippen molar-refractivity contribution in [1.29, 1.82) is 21.0 Å². The average Bonchev–Trinajstić information content (AvgIpc) is 3.93. The van der Waals surface area contributed by atoms with Crippen LogP contribution in [-0.4, -0.2) is 24.1 Å². The maximum Gasteiger partial charge on any atom is 0.164 e. The Kier molecular flexibility index (Phi) is 10.0. The van der Waals surface area contributed by atoms with Gasteiger partial charge in [-0.1, -0.05) is 90.5 Å². The van der Waals surface area contributed by atoms with Gasteiger partial charge < -0.3 is 9.13 Å². The van der Waals surface area contributed by atoms with Crippen molar-refractivity contribution < 1.29 is 0 Å². The van der Waals surface area contributed by atoms with Gasteiger partial charge in [-0.05, 0) is 127 Å². The Bertz CT molecular complexity index is 4200. The van der Waals surface area contributed by atoms with E-state index in [1.807, 2.05) is 146 Å². The Morgan fingerprint density at radius 1 is 0.324 bits per heavy atom. The highest BCUT2D eigenvalue weighted by Crippen LogP contribution is 2.44. The van der Waals surface area contributed by atoms with Crippen molar-refractivity contribution in [2.45, 2.75) is 6.92 Å². The first kappa shape index (κ1) is 41.9. The molecular weight excluding hydrogens is 871 g/mol. The van der Waals surface area contributed by atoms with Gasteiger partial charge >= 0.3 is 0 Å². The van der Waals surface area contributed by atoms with E-state index in [2.05, 4.69) is 88.9 Å². The van der Waals surface area contributed by atoms with Crippen molar-refractivity contribution in [3.63, 3.8) is 0 Å². The highest BCUT2D eigenvalue weighted by atomic mass is 15.0. The van der Waals surface area contributed by atoms with Crippen molar-refractivity contribution in [1.82, 2.24) is 24.1 Å². The zero-order valence-electron chi connectivity index (χ0n) is 38.0. The molecule has 0 spiro atoms. The maximum atomic E-state index is 10.1. The highest BCUT2D eigenvalue weighted by molar-refractivity contribution is 6.12. The van der Waals surface area contributed by atoms with E-state index in [1.54, 1.807) is 0 Å². The number of aryl methyl sites for hydroxylation is 1. The van der Waals surface area contributed by atoms with Crippen LogP contribution in [0.4, 0.5) is 0 Å². The number of nitriles is 4. The van der Waals surface area contributed by atoms with Gasteiger partial charge in [0.15, 0.2) is 17.5 Å². The van der Waals surface area contributed by atoms with Crippen LogP contribution in [-0.2, 0) is 0 Å². The zero-order chi connectivity index (χ0) is 48.2. The third-order valence-corrected chi connectivity index (χ3v) is 13.1. The monoisotopic (exact) mass is 905 g/mol. The van der Waals surface area contributed by atoms with Crippen LogP contribution in [0.1, 0.15) is 27.8 Å². The fourth-order valence-electron chi connectivity index (χ4n) is 9.78. The summed E-state index contributed by atoms with van der Waals surface area (Å²) < 4.78 is 4.48. The largest absolute Gasteiger partial charge is 0.309 e. The molecule has 3 heterocycles. The lowest BCUT2D eigenvalue weighted by molar-refractivity contribution is 1.07. The second kappa shape index (κ2) is 17.0. The Balaban J connectivity index is 1.22. The molecule has 0 bridgehead atoms. The summed E-state index contributed by atoms with van der Waals surface area (Å²) >= 11 is 0. The summed E-state index contributed by atoms with van der Waals surface area (Å²) in [6.07, 6.45) is 0. The number of benzene rings is 9. The van der Waals surface area contributed by atoms with Crippen LogP contribution in [0.15, 0.2) is 194 Å². The summed E-state index contributed by atoms with van der Waals surface area (Å²) in [4.78, 5) is 15.4. The van der Waals surface area contributed by atoms with Gasteiger partial charge in [0.1, 0.15) is 0 Å². The molecule has 9 nitrogen and oxygen atoms in total. The number of hydrogen-bond acceptors (Lipinski definition) is 7. The zero-order valence-corrected chi connectivity index (χ0v) is 38.0. The Morgan fingerprint density at radius 2 is 0.690 bits per heavy atom. The highest BCUT2D eigenvalue weighted by Gasteiger charge is 2.24. The topological polar surface area (TPSA) is 144 Å². The SMILES string of the molecule is Cc1ccc2c(c1)c1cc(C#N)ccc1n2-c1ccc(-c2ccc(C#N)cc2)cc1-c1cc(-c2nc(-c3ccccc3)nc(-c3ccccc3)n2)ccc1-n1c2ccc(C#N)cc2c2cc(C#N)ccc21. The second-order valence-corrected chi connectivity index (χ2v) is 17.4. The van der Waals surface area contributed by atoms with E-state index in [4.69, 9.17) is 15.0 Å². The van der Waals surface area contributed by atoms with Crippen LogP contribution in [0, 0.1) is 52.2 Å². The van der Waals surface area contributed by atoms with E-state index in [0.29, 0.717) is 39.7 Å². The maximum absolute atomic E-state index is 10.1. The molecule has 0 aliphatic carbocycles. The average molecular weight is 906 g/mol. The summed E-state index contributed by atoms with van der Waals surface area (Å²) in [7, 11) is 0. The quantitative estimate of drug-likeness (QED) is 0.155. The van der Waals surface area contributed by atoms with Crippen LogP contribution >= 0.6 is 0 Å². The molecule has 0 saturated carbocycles. The van der Waals surface area contributed by atoms with Gasteiger partial charge in [-0.25, -0.2) is 15.0 Å². The molecule has 0 fully saturated rings. The fourth-order valence-corrected chi connectivity index (χ4v) is 9.78. The number of fused-ring (bicyclic) bond motifs is 6. The van der Waals surface area contributed by atoms with Crippen LogP contribution in [0.5, 0.6) is 0 Å². The van der Waals surface area contributed by atoms with Gasteiger partial charge in [-0.2, -0.15) is 21.0 Å². The first-order valence-electron chi connectivity index (χ1n) is 22.9. The summed E-state index contributed by atoms with van der Waals surface area (Å²) in [6, 6.07) is 73.0.